The van der Waals surface area contributed by atoms with Crippen LogP contribution in [0.1, 0.15) is 27.7 Å². The highest BCUT2D eigenvalue weighted by Crippen LogP contribution is 2.40. The number of hydrogen-bond acceptors (Lipinski definition) is 6. The number of benzene rings is 2. The summed E-state index contributed by atoms with van der Waals surface area (Å²) in [6.45, 7) is 13.6. The average molecular weight is 510 g/mol. The topological polar surface area (TPSA) is 13.0 Å². The van der Waals surface area contributed by atoms with Gasteiger partial charge in [-0.25, -0.2) is 0 Å². The molecule has 182 valence electrons. The third-order valence-electron chi connectivity index (χ3n) is 7.55. The number of para-hydroxylation sites is 4. The van der Waals surface area contributed by atoms with Gasteiger partial charge in [-0.05, 0) is 64.1 Å². The van der Waals surface area contributed by atoms with Crippen LogP contribution in [0.5, 0.6) is 0 Å². The van der Waals surface area contributed by atoms with E-state index in [-0.39, 0.29) is 14.0 Å². The minimum atomic E-state index is 0.270. The van der Waals surface area contributed by atoms with Crippen LogP contribution in [0.4, 0.5) is 22.7 Å². The molecule has 2 aromatic carbocycles. The minimum absolute atomic E-state index is 0.270. The number of rotatable bonds is 7. The molecule has 4 heterocycles. The molecule has 0 saturated carbocycles. The zero-order valence-corrected chi connectivity index (χ0v) is 23.1. The van der Waals surface area contributed by atoms with E-state index < -0.39 is 0 Å². The van der Waals surface area contributed by atoms with Gasteiger partial charge in [0, 0.05) is 68.2 Å². The van der Waals surface area contributed by atoms with Crippen LogP contribution in [0.25, 0.3) is 9.75 Å². The smallest absolute Gasteiger partial charge is 0.390 e. The van der Waals surface area contributed by atoms with Crippen molar-refractivity contribution in [1.82, 2.24) is 0 Å². The Hall–Kier alpha value is -2.83. The highest BCUT2D eigenvalue weighted by atomic mass is 32.1. The van der Waals surface area contributed by atoms with Crippen LogP contribution >= 0.6 is 22.7 Å². The molecule has 0 amide bonds. The van der Waals surface area contributed by atoms with Crippen molar-refractivity contribution in [1.29, 1.82) is 0 Å². The van der Waals surface area contributed by atoms with Crippen molar-refractivity contribution < 1.29 is 0 Å². The van der Waals surface area contributed by atoms with Gasteiger partial charge in [-0.1, -0.05) is 36.4 Å². The summed E-state index contributed by atoms with van der Waals surface area (Å²) in [5, 5.41) is 0. The molecule has 0 bridgehead atoms. The predicted molar refractivity (Wildman–Crippen MR) is 163 cm³/mol. The summed E-state index contributed by atoms with van der Waals surface area (Å²) in [5.74, 6) is 0. The monoisotopic (exact) mass is 510 g/mol. The Morgan fingerprint density at radius 3 is 1.06 bits per heavy atom. The van der Waals surface area contributed by atoms with E-state index in [1.807, 2.05) is 22.7 Å². The first-order valence-corrected chi connectivity index (χ1v) is 14.8. The Bertz CT molecular complexity index is 1200. The molecule has 2 aromatic heterocycles. The molecule has 0 spiro atoms. The van der Waals surface area contributed by atoms with Crippen LogP contribution in [-0.2, 0) is 0 Å². The normalized spacial score (nSPS) is 14.8. The molecule has 0 N–H and O–H groups in total. The fourth-order valence-electron chi connectivity index (χ4n) is 6.00. The molecule has 2 aliphatic heterocycles. The number of anilines is 4. The third-order valence-corrected chi connectivity index (χ3v) is 10.00. The fraction of sp³-hybridized carbons (Fsp3) is 0.286. The lowest BCUT2D eigenvalue weighted by Gasteiger charge is -2.27. The van der Waals surface area contributed by atoms with Crippen LogP contribution < -0.4 is 28.8 Å². The molecular weight excluding hydrogens is 478 g/mol. The Labute approximate surface area is 224 Å². The lowest BCUT2D eigenvalue weighted by atomic mass is 9.71. The van der Waals surface area contributed by atoms with Crippen molar-refractivity contribution in [2.45, 2.75) is 27.7 Å². The van der Waals surface area contributed by atoms with Gasteiger partial charge >= 0.3 is 14.0 Å². The summed E-state index contributed by atoms with van der Waals surface area (Å²) in [5.41, 5.74) is 5.39. The Kier molecular flexibility index (Phi) is 6.26. The van der Waals surface area contributed by atoms with Gasteiger partial charge < -0.3 is 19.2 Å². The first kappa shape index (κ1) is 23.6. The van der Waals surface area contributed by atoms with E-state index in [2.05, 4.69) is 120 Å². The minimum Gasteiger partial charge on any atom is -0.390 e. The van der Waals surface area contributed by atoms with Gasteiger partial charge in [-0.3, -0.25) is 0 Å². The quantitative estimate of drug-likeness (QED) is 0.300. The molecule has 36 heavy (non-hydrogen) atoms. The van der Waals surface area contributed by atoms with Gasteiger partial charge in [0.1, 0.15) is 0 Å². The molecule has 0 saturated heterocycles. The molecule has 0 unspecified atom stereocenters. The maximum absolute atomic E-state index is 2.54. The first-order chi connectivity index (χ1) is 17.7. The molecule has 0 fully saturated rings. The van der Waals surface area contributed by atoms with Crippen LogP contribution in [0.2, 0.25) is 0 Å². The second kappa shape index (κ2) is 9.56. The van der Waals surface area contributed by atoms with E-state index >= 15 is 0 Å². The van der Waals surface area contributed by atoms with Crippen molar-refractivity contribution in [3.05, 3.63) is 72.8 Å². The lowest BCUT2D eigenvalue weighted by molar-refractivity contribution is 1.06. The molecular formula is C28H32B2N4S2. The number of nitrogens with zero attached hydrogens (tertiary/aromatic N) is 4. The lowest BCUT2D eigenvalue weighted by Crippen LogP contribution is -2.55. The van der Waals surface area contributed by atoms with Gasteiger partial charge in [-0.15, -0.1) is 22.7 Å². The summed E-state index contributed by atoms with van der Waals surface area (Å²) < 4.78 is 2.83. The Balaban J connectivity index is 1.32. The number of fused-ring (bicyclic) bond motifs is 2. The first-order valence-electron chi connectivity index (χ1n) is 13.1. The van der Waals surface area contributed by atoms with E-state index in [0.717, 1.165) is 26.2 Å². The van der Waals surface area contributed by atoms with E-state index in [1.165, 1.54) is 42.1 Å². The largest absolute Gasteiger partial charge is 0.421 e. The predicted octanol–water partition coefficient (Wildman–Crippen LogP) is 5.60. The van der Waals surface area contributed by atoms with Crippen molar-refractivity contribution in [3.8, 4) is 9.75 Å². The van der Waals surface area contributed by atoms with Crippen molar-refractivity contribution >= 4 is 68.9 Å². The van der Waals surface area contributed by atoms with Crippen molar-refractivity contribution in [2.75, 3.05) is 45.4 Å². The van der Waals surface area contributed by atoms with E-state index in [9.17, 15) is 0 Å². The number of hydrogen-bond donors (Lipinski definition) is 0. The highest BCUT2D eigenvalue weighted by Gasteiger charge is 2.42. The standard InChI is InChI=1S/C28H32B2N4S2/c1-5-31-21-13-9-10-14-22(21)32(6-2)29(31)27-19-17-25(35-27)26-18-20-28(36-26)30-33(7-3)23-15-11-12-16-24(23)34(30)8-4/h9-20H,5-8H2,1-4H3. The highest BCUT2D eigenvalue weighted by molar-refractivity contribution is 7.32. The Morgan fingerprint density at radius 1 is 0.472 bits per heavy atom. The fourth-order valence-corrected chi connectivity index (χ4v) is 8.36. The van der Waals surface area contributed by atoms with Crippen LogP contribution in [0.3, 0.4) is 0 Å². The molecule has 0 aliphatic carbocycles. The second-order valence-corrected chi connectivity index (χ2v) is 11.5. The Morgan fingerprint density at radius 2 is 0.778 bits per heavy atom. The average Bonchev–Trinajstić information content (AvgIpc) is 3.69. The summed E-state index contributed by atoms with van der Waals surface area (Å²) in [6, 6.07) is 27.1. The number of thiophene rings is 2. The van der Waals surface area contributed by atoms with Crippen LogP contribution in [0, 0.1) is 0 Å². The molecule has 4 aromatic rings. The van der Waals surface area contributed by atoms with E-state index in [1.54, 1.807) is 0 Å². The molecule has 8 heteroatoms. The van der Waals surface area contributed by atoms with Gasteiger partial charge in [0.15, 0.2) is 0 Å². The van der Waals surface area contributed by atoms with E-state index in [0.29, 0.717) is 0 Å². The van der Waals surface area contributed by atoms with E-state index in [4.69, 9.17) is 0 Å². The molecule has 0 radical (unpaired) electrons. The van der Waals surface area contributed by atoms with Gasteiger partial charge in [0.2, 0.25) is 0 Å². The molecule has 4 nitrogen and oxygen atoms in total. The van der Waals surface area contributed by atoms with Gasteiger partial charge in [0.25, 0.3) is 0 Å². The van der Waals surface area contributed by atoms with Gasteiger partial charge in [-0.2, -0.15) is 0 Å². The van der Waals surface area contributed by atoms with Gasteiger partial charge in [0.05, 0.1) is 0 Å². The SMILES string of the molecule is CCN1B(c2ccc(-c3ccc(B4N(CC)c5ccccc5N4CC)s3)s2)N(CC)c2ccccc21. The van der Waals surface area contributed by atoms with Crippen molar-refractivity contribution in [3.63, 3.8) is 0 Å². The summed E-state index contributed by atoms with van der Waals surface area (Å²) in [6.07, 6.45) is 0. The summed E-state index contributed by atoms with van der Waals surface area (Å²) in [4.78, 5) is 12.9. The maximum Gasteiger partial charge on any atom is 0.421 e. The molecule has 2 aliphatic rings. The molecule has 0 atom stereocenters. The van der Waals surface area contributed by atoms with Crippen LogP contribution in [-0.4, -0.2) is 40.1 Å². The third kappa shape index (κ3) is 3.57. The summed E-state index contributed by atoms with van der Waals surface area (Å²) >= 11 is 3.90. The zero-order chi connectivity index (χ0) is 24.8. The second-order valence-electron chi connectivity index (χ2n) is 9.27. The summed E-state index contributed by atoms with van der Waals surface area (Å²) in [7, 11) is 0. The van der Waals surface area contributed by atoms with Crippen LogP contribution in [0.15, 0.2) is 72.8 Å². The maximum atomic E-state index is 2.54. The van der Waals surface area contributed by atoms with Crippen molar-refractivity contribution in [2.24, 2.45) is 0 Å². The zero-order valence-electron chi connectivity index (χ0n) is 21.5. The molecule has 6 rings (SSSR count).